The average molecular weight is 1250 g/mol. The molecule has 2 aliphatic rings. The third kappa shape index (κ3) is 42.5. The minimum atomic E-state index is -1.80. The highest BCUT2D eigenvalue weighted by Crippen LogP contribution is 2.30. The van der Waals surface area contributed by atoms with Gasteiger partial charge in [-0.3, -0.25) is 4.79 Å². The summed E-state index contributed by atoms with van der Waals surface area (Å²) in [6.07, 6.45) is 67.2. The van der Waals surface area contributed by atoms with Crippen molar-refractivity contribution in [2.75, 3.05) is 19.8 Å². The van der Waals surface area contributed by atoms with Gasteiger partial charge in [0.15, 0.2) is 12.6 Å². The molecule has 14 nitrogen and oxygen atoms in total. The standard InChI is InChI=1S/C75H129NO13/c1-3-5-7-9-11-13-15-17-19-21-23-25-26-27-28-29-30-31-32-33-34-35-36-37-38-39-41-43-45-47-49-51-53-55-57-59-67(80)76-63(64(79)58-56-54-52-50-48-46-44-42-40-24-22-20-18-16-14-12-10-8-6-4-2)62-86-74-72(85)70(83)73(66(61-78)88-74)89-75-71(84)69(82)68(81)65(60-77)87-75/h5,7,11,13,17,19,23,25,27-28,30-31,40,42,48,50,56,58,63-66,68-75,77-79,81-85H,3-4,6,8-10,12,14-16,18,20-22,24,26,29,32-39,41,43-47,49,51-55,57,59-62H2,1-2H3,(H,76,80)/b7-5-,13-11-,19-17-,25-23-,28-27-,31-30-,42-40+,50-48+,58-56+. The van der Waals surface area contributed by atoms with Crippen LogP contribution in [0.3, 0.4) is 0 Å². The van der Waals surface area contributed by atoms with Crippen molar-refractivity contribution in [3.8, 4) is 0 Å². The summed E-state index contributed by atoms with van der Waals surface area (Å²) in [7, 11) is 0. The molecular weight excluding hydrogens is 1120 g/mol. The van der Waals surface area contributed by atoms with Gasteiger partial charge in [0.25, 0.3) is 0 Å². The Bertz CT molecular complexity index is 1910. The van der Waals surface area contributed by atoms with Crippen LogP contribution in [0.1, 0.15) is 264 Å². The molecule has 0 aliphatic carbocycles. The van der Waals surface area contributed by atoms with E-state index in [1.54, 1.807) is 6.08 Å². The molecule has 0 bridgehead atoms. The molecule has 0 aromatic heterocycles. The van der Waals surface area contributed by atoms with Crippen molar-refractivity contribution >= 4 is 5.91 Å². The lowest BCUT2D eigenvalue weighted by Crippen LogP contribution is -2.65. The summed E-state index contributed by atoms with van der Waals surface area (Å²) in [5, 5.41) is 87.4. The van der Waals surface area contributed by atoms with Crippen LogP contribution in [-0.4, -0.2) is 140 Å². The van der Waals surface area contributed by atoms with Crippen LogP contribution in [-0.2, 0) is 23.7 Å². The van der Waals surface area contributed by atoms with E-state index in [9.17, 15) is 45.6 Å². The Balaban J connectivity index is 1.66. The lowest BCUT2D eigenvalue weighted by Gasteiger charge is -2.46. The van der Waals surface area contributed by atoms with Gasteiger partial charge in [0.05, 0.1) is 32.0 Å². The fourth-order valence-electron chi connectivity index (χ4n) is 11.0. The second-order valence-corrected chi connectivity index (χ2v) is 24.6. The molecule has 2 rings (SSSR count). The van der Waals surface area contributed by atoms with Crippen LogP contribution < -0.4 is 5.32 Å². The van der Waals surface area contributed by atoms with Gasteiger partial charge < -0.3 is 65.1 Å². The normalized spacial score (nSPS) is 23.7. The Hall–Kier alpha value is -3.35. The van der Waals surface area contributed by atoms with Crippen molar-refractivity contribution in [3.63, 3.8) is 0 Å². The number of allylic oxidation sites excluding steroid dienone is 17. The summed E-state index contributed by atoms with van der Waals surface area (Å²) in [5.41, 5.74) is 0. The first kappa shape index (κ1) is 81.7. The summed E-state index contributed by atoms with van der Waals surface area (Å²) in [5.74, 6) is -0.255. The number of hydrogen-bond acceptors (Lipinski definition) is 13. The smallest absolute Gasteiger partial charge is 0.220 e. The van der Waals surface area contributed by atoms with E-state index in [4.69, 9.17) is 18.9 Å². The molecule has 89 heavy (non-hydrogen) atoms. The van der Waals surface area contributed by atoms with E-state index in [2.05, 4.69) is 116 Å². The first-order chi connectivity index (χ1) is 43.6. The molecular formula is C75H129NO13. The number of amides is 1. The number of aliphatic hydroxyl groups is 8. The molecule has 0 aromatic rings. The number of carbonyl (C=O) groups excluding carboxylic acids is 1. The quantitative estimate of drug-likeness (QED) is 0.0204. The van der Waals surface area contributed by atoms with E-state index in [1.165, 1.54) is 148 Å². The summed E-state index contributed by atoms with van der Waals surface area (Å²) in [6.45, 7) is 2.67. The molecule has 1 amide bonds. The fourth-order valence-corrected chi connectivity index (χ4v) is 11.0. The van der Waals surface area contributed by atoms with E-state index < -0.39 is 86.8 Å². The zero-order valence-electron chi connectivity index (χ0n) is 55.6. The highest BCUT2D eigenvalue weighted by atomic mass is 16.7. The number of rotatable bonds is 57. The number of nitrogens with one attached hydrogen (secondary N) is 1. The highest BCUT2D eigenvalue weighted by Gasteiger charge is 2.51. The van der Waals surface area contributed by atoms with Crippen LogP contribution in [0.2, 0.25) is 0 Å². The molecule has 0 spiro atoms. The topological polar surface area (TPSA) is 228 Å². The van der Waals surface area contributed by atoms with Crippen LogP contribution in [0.15, 0.2) is 109 Å². The molecule has 12 unspecified atom stereocenters. The summed E-state index contributed by atoms with van der Waals surface area (Å²) in [6, 6.07) is -0.944. The molecule has 0 radical (unpaired) electrons. The van der Waals surface area contributed by atoms with Crippen molar-refractivity contribution in [1.29, 1.82) is 0 Å². The molecule has 0 aromatic carbocycles. The van der Waals surface area contributed by atoms with Crippen molar-refractivity contribution < 1.29 is 64.6 Å². The van der Waals surface area contributed by atoms with E-state index in [1.807, 2.05) is 6.08 Å². The fraction of sp³-hybridized carbons (Fsp3) is 0.747. The van der Waals surface area contributed by atoms with Gasteiger partial charge in [-0.05, 0) is 96.3 Å². The Morgan fingerprint density at radius 2 is 0.787 bits per heavy atom. The first-order valence-corrected chi connectivity index (χ1v) is 35.6. The zero-order valence-corrected chi connectivity index (χ0v) is 55.6. The maximum atomic E-state index is 13.3. The van der Waals surface area contributed by atoms with Gasteiger partial charge in [-0.15, -0.1) is 0 Å². The Morgan fingerprint density at radius 3 is 1.24 bits per heavy atom. The van der Waals surface area contributed by atoms with Gasteiger partial charge in [-0.2, -0.15) is 0 Å². The molecule has 512 valence electrons. The monoisotopic (exact) mass is 1250 g/mol. The van der Waals surface area contributed by atoms with E-state index in [-0.39, 0.29) is 18.9 Å². The number of hydrogen-bond donors (Lipinski definition) is 9. The van der Waals surface area contributed by atoms with Gasteiger partial charge in [0, 0.05) is 6.42 Å². The lowest BCUT2D eigenvalue weighted by molar-refractivity contribution is -0.359. The largest absolute Gasteiger partial charge is 0.394 e. The van der Waals surface area contributed by atoms with Crippen LogP contribution >= 0.6 is 0 Å². The number of unbranched alkanes of at least 4 members (excludes halogenated alkanes) is 28. The molecule has 9 N–H and O–H groups in total. The van der Waals surface area contributed by atoms with Gasteiger partial charge in [0.2, 0.25) is 5.91 Å². The first-order valence-electron chi connectivity index (χ1n) is 35.6. The number of carbonyl (C=O) groups is 1. The van der Waals surface area contributed by atoms with Gasteiger partial charge >= 0.3 is 0 Å². The Labute approximate surface area is 540 Å². The second kappa shape index (κ2) is 58.5. The van der Waals surface area contributed by atoms with Gasteiger partial charge in [0.1, 0.15) is 48.8 Å². The maximum Gasteiger partial charge on any atom is 0.220 e. The van der Waals surface area contributed by atoms with Gasteiger partial charge in [-0.1, -0.05) is 271 Å². The van der Waals surface area contributed by atoms with Crippen molar-refractivity contribution in [1.82, 2.24) is 5.32 Å². The Morgan fingerprint density at radius 1 is 0.416 bits per heavy atom. The summed E-state index contributed by atoms with van der Waals surface area (Å²) in [4.78, 5) is 13.3. The van der Waals surface area contributed by atoms with Crippen molar-refractivity contribution in [2.24, 2.45) is 0 Å². The molecule has 2 fully saturated rings. The lowest BCUT2D eigenvalue weighted by atomic mass is 9.97. The molecule has 12 atom stereocenters. The third-order valence-electron chi connectivity index (χ3n) is 16.7. The molecule has 2 heterocycles. The molecule has 2 aliphatic heterocycles. The van der Waals surface area contributed by atoms with Crippen molar-refractivity contribution in [3.05, 3.63) is 109 Å². The predicted molar refractivity (Wildman–Crippen MR) is 364 cm³/mol. The third-order valence-corrected chi connectivity index (χ3v) is 16.7. The summed E-state index contributed by atoms with van der Waals surface area (Å²) < 4.78 is 22.8. The minimum Gasteiger partial charge on any atom is -0.394 e. The molecule has 2 saturated heterocycles. The van der Waals surface area contributed by atoms with Crippen LogP contribution in [0.25, 0.3) is 0 Å². The van der Waals surface area contributed by atoms with Crippen LogP contribution in [0.5, 0.6) is 0 Å². The van der Waals surface area contributed by atoms with E-state index in [0.717, 1.165) is 83.5 Å². The zero-order chi connectivity index (χ0) is 64.5. The van der Waals surface area contributed by atoms with E-state index in [0.29, 0.717) is 12.8 Å². The maximum absolute atomic E-state index is 13.3. The van der Waals surface area contributed by atoms with Gasteiger partial charge in [-0.25, -0.2) is 0 Å². The minimum absolute atomic E-state index is 0.255. The van der Waals surface area contributed by atoms with Crippen LogP contribution in [0, 0.1) is 0 Å². The number of ether oxygens (including phenoxy) is 4. The SMILES string of the molecule is CC/C=C\C/C=C\C/C=C\C/C=C\C/C=C\C/C=C\CCCCCCCCCCCCCCCCCCC(=O)NC(COC1OC(CO)C(OC2OC(CO)C(O)C(O)C2O)C(O)C1O)C(O)/C=C/CC/C=C/CC/C=C/CCCCCCCCCCCC. The average Bonchev–Trinajstić information content (AvgIpc) is 3.62. The second-order valence-electron chi connectivity index (χ2n) is 24.6. The van der Waals surface area contributed by atoms with Crippen LogP contribution in [0.4, 0.5) is 0 Å². The molecule has 14 heteroatoms. The van der Waals surface area contributed by atoms with E-state index >= 15 is 0 Å². The van der Waals surface area contributed by atoms with Crippen molar-refractivity contribution in [2.45, 2.75) is 338 Å². The molecule has 0 saturated carbocycles. The predicted octanol–water partition coefficient (Wildman–Crippen LogP) is 14.7. The Kier molecular flexibility index (Phi) is 53.7. The summed E-state index contributed by atoms with van der Waals surface area (Å²) >= 11 is 0. The number of aliphatic hydroxyl groups excluding tert-OH is 8. The highest BCUT2D eigenvalue weighted by molar-refractivity contribution is 5.76.